The van der Waals surface area contributed by atoms with Crippen LogP contribution in [0.5, 0.6) is 0 Å². The number of carbonyl (C=O) groups excluding carboxylic acids is 1. The summed E-state index contributed by atoms with van der Waals surface area (Å²) in [4.78, 5) is 22.3. The lowest BCUT2D eigenvalue weighted by molar-refractivity contribution is -0.137. The monoisotopic (exact) mass is 285 g/mol. The van der Waals surface area contributed by atoms with Gasteiger partial charge in [0.15, 0.2) is 0 Å². The molecule has 2 rings (SSSR count). The molecule has 5 nitrogen and oxygen atoms in total. The van der Waals surface area contributed by atoms with Crippen LogP contribution in [-0.2, 0) is 16.0 Å². The molecule has 1 heterocycles. The van der Waals surface area contributed by atoms with Crippen LogP contribution >= 0.6 is 0 Å². The quantitative estimate of drug-likeness (QED) is 0.800. The van der Waals surface area contributed by atoms with Crippen LogP contribution in [-0.4, -0.2) is 17.0 Å². The number of furan rings is 1. The van der Waals surface area contributed by atoms with Crippen molar-refractivity contribution < 1.29 is 19.1 Å². The molecule has 0 spiro atoms. The van der Waals surface area contributed by atoms with Crippen LogP contribution in [0.3, 0.4) is 0 Å². The van der Waals surface area contributed by atoms with Gasteiger partial charge in [0.25, 0.3) is 0 Å². The van der Waals surface area contributed by atoms with Gasteiger partial charge in [0.1, 0.15) is 5.76 Å². The number of nitrogens with one attached hydrogen (secondary N) is 1. The van der Waals surface area contributed by atoms with E-state index in [9.17, 15) is 9.59 Å². The Hall–Kier alpha value is -2.82. The number of aryl methyl sites for hydroxylation is 1. The molecule has 0 aliphatic heterocycles. The Balaban J connectivity index is 1.94. The summed E-state index contributed by atoms with van der Waals surface area (Å²) in [6.07, 6.45) is 4.98. The number of aliphatic carboxylic acids is 1. The molecule has 5 heteroatoms. The van der Waals surface area contributed by atoms with Crippen LogP contribution in [0.4, 0.5) is 5.69 Å². The normalized spacial score (nSPS) is 10.7. The van der Waals surface area contributed by atoms with Gasteiger partial charge in [-0.2, -0.15) is 0 Å². The van der Waals surface area contributed by atoms with E-state index in [1.807, 2.05) is 6.07 Å². The van der Waals surface area contributed by atoms with Crippen molar-refractivity contribution >= 4 is 23.6 Å². The third-order valence-electron chi connectivity index (χ3n) is 2.76. The lowest BCUT2D eigenvalue weighted by atomic mass is 10.1. The Labute approximate surface area is 121 Å². The fourth-order valence-electron chi connectivity index (χ4n) is 1.78. The molecule has 0 unspecified atom stereocenters. The molecule has 0 saturated carbocycles. The third kappa shape index (κ3) is 4.99. The molecule has 0 bridgehead atoms. The predicted octanol–water partition coefficient (Wildman–Crippen LogP) is 2.95. The summed E-state index contributed by atoms with van der Waals surface area (Å²) in [5, 5.41) is 11.4. The van der Waals surface area contributed by atoms with Crippen molar-refractivity contribution in [3.63, 3.8) is 0 Å². The van der Waals surface area contributed by atoms with E-state index in [2.05, 4.69) is 5.32 Å². The first kappa shape index (κ1) is 14.6. The van der Waals surface area contributed by atoms with Gasteiger partial charge in [-0.1, -0.05) is 12.1 Å². The first-order valence-corrected chi connectivity index (χ1v) is 6.47. The number of hydrogen-bond acceptors (Lipinski definition) is 3. The molecule has 108 valence electrons. The van der Waals surface area contributed by atoms with Crippen LogP contribution in [0.15, 0.2) is 53.2 Å². The first-order valence-electron chi connectivity index (χ1n) is 6.47. The second-order valence-electron chi connectivity index (χ2n) is 4.43. The van der Waals surface area contributed by atoms with E-state index in [-0.39, 0.29) is 12.3 Å². The summed E-state index contributed by atoms with van der Waals surface area (Å²) in [6, 6.07) is 10.6. The molecule has 2 N–H and O–H groups in total. The number of carbonyl (C=O) groups is 2. The van der Waals surface area contributed by atoms with Crippen LogP contribution in [0, 0.1) is 0 Å². The summed E-state index contributed by atoms with van der Waals surface area (Å²) in [5.41, 5.74) is 1.50. The van der Waals surface area contributed by atoms with Gasteiger partial charge in [-0.25, -0.2) is 0 Å². The average molecular weight is 285 g/mol. The highest BCUT2D eigenvalue weighted by atomic mass is 16.4. The summed E-state index contributed by atoms with van der Waals surface area (Å²) in [6.45, 7) is 0. The van der Waals surface area contributed by atoms with Crippen molar-refractivity contribution in [2.75, 3.05) is 5.32 Å². The van der Waals surface area contributed by atoms with Gasteiger partial charge >= 0.3 is 5.97 Å². The van der Waals surface area contributed by atoms with Crippen LogP contribution in [0.25, 0.3) is 6.08 Å². The van der Waals surface area contributed by atoms with Crippen molar-refractivity contribution in [3.05, 3.63) is 60.1 Å². The standard InChI is InChI=1S/C16H15NO4/c18-15(8-7-14-5-2-10-21-14)17-13-4-1-3-12(11-13)6-9-16(19)20/h1-5,7-8,10-11H,6,9H2,(H,17,18)(H,19,20)/b8-7+. The number of anilines is 1. The van der Waals surface area contributed by atoms with E-state index in [1.54, 1.807) is 36.4 Å². The highest BCUT2D eigenvalue weighted by Gasteiger charge is 2.02. The highest BCUT2D eigenvalue weighted by molar-refractivity contribution is 6.01. The summed E-state index contributed by atoms with van der Waals surface area (Å²) >= 11 is 0. The number of carboxylic acid groups (broad SMARTS) is 1. The van der Waals surface area contributed by atoms with Gasteiger partial charge in [0, 0.05) is 18.2 Å². The Morgan fingerprint density at radius 2 is 2.10 bits per heavy atom. The van der Waals surface area contributed by atoms with E-state index in [0.29, 0.717) is 17.9 Å². The van der Waals surface area contributed by atoms with Crippen molar-refractivity contribution in [2.45, 2.75) is 12.8 Å². The average Bonchev–Trinajstić information content (AvgIpc) is 2.97. The number of benzene rings is 1. The van der Waals surface area contributed by atoms with Crippen molar-refractivity contribution in [3.8, 4) is 0 Å². The van der Waals surface area contributed by atoms with Gasteiger partial charge in [-0.05, 0) is 42.3 Å². The second kappa shape index (κ2) is 7.09. The lowest BCUT2D eigenvalue weighted by Crippen LogP contribution is -2.08. The molecule has 0 aliphatic rings. The van der Waals surface area contributed by atoms with Gasteiger partial charge in [0.05, 0.1) is 6.26 Å². The minimum absolute atomic E-state index is 0.0653. The topological polar surface area (TPSA) is 79.5 Å². The van der Waals surface area contributed by atoms with Crippen molar-refractivity contribution in [1.29, 1.82) is 0 Å². The minimum Gasteiger partial charge on any atom is -0.481 e. The summed E-state index contributed by atoms with van der Waals surface area (Å²) < 4.78 is 5.09. The molecular weight excluding hydrogens is 270 g/mol. The minimum atomic E-state index is -0.842. The fraction of sp³-hybridized carbons (Fsp3) is 0.125. The number of rotatable bonds is 6. The molecule has 1 amide bonds. The number of carboxylic acids is 1. The SMILES string of the molecule is O=C(O)CCc1cccc(NC(=O)/C=C/c2ccco2)c1. The van der Waals surface area contributed by atoms with Gasteiger partial charge < -0.3 is 14.8 Å². The molecule has 21 heavy (non-hydrogen) atoms. The Morgan fingerprint density at radius 3 is 2.81 bits per heavy atom. The molecule has 1 aromatic heterocycles. The summed E-state index contributed by atoms with van der Waals surface area (Å²) in [5.74, 6) is -0.520. The Morgan fingerprint density at radius 1 is 1.24 bits per heavy atom. The zero-order chi connectivity index (χ0) is 15.1. The number of amides is 1. The van der Waals surface area contributed by atoms with Gasteiger partial charge in [-0.15, -0.1) is 0 Å². The maximum atomic E-state index is 11.8. The predicted molar refractivity (Wildman–Crippen MR) is 78.8 cm³/mol. The molecule has 0 saturated heterocycles. The lowest BCUT2D eigenvalue weighted by Gasteiger charge is -2.05. The first-order chi connectivity index (χ1) is 10.1. The third-order valence-corrected chi connectivity index (χ3v) is 2.76. The second-order valence-corrected chi connectivity index (χ2v) is 4.43. The number of hydrogen-bond donors (Lipinski definition) is 2. The van der Waals surface area contributed by atoms with E-state index >= 15 is 0 Å². The van der Waals surface area contributed by atoms with E-state index < -0.39 is 5.97 Å². The van der Waals surface area contributed by atoms with E-state index in [1.165, 1.54) is 12.3 Å². The molecule has 0 aliphatic carbocycles. The molecule has 1 aromatic carbocycles. The maximum absolute atomic E-state index is 11.8. The van der Waals surface area contributed by atoms with Crippen LogP contribution in [0.1, 0.15) is 17.7 Å². The van der Waals surface area contributed by atoms with Gasteiger partial charge in [-0.3, -0.25) is 9.59 Å². The van der Waals surface area contributed by atoms with Crippen LogP contribution in [0.2, 0.25) is 0 Å². The zero-order valence-corrected chi connectivity index (χ0v) is 11.3. The fourth-order valence-corrected chi connectivity index (χ4v) is 1.78. The maximum Gasteiger partial charge on any atom is 0.303 e. The van der Waals surface area contributed by atoms with Crippen molar-refractivity contribution in [2.24, 2.45) is 0 Å². The van der Waals surface area contributed by atoms with E-state index in [0.717, 1.165) is 5.56 Å². The van der Waals surface area contributed by atoms with Crippen molar-refractivity contribution in [1.82, 2.24) is 0 Å². The Kier molecular flexibility index (Phi) is 4.93. The molecule has 0 fully saturated rings. The largest absolute Gasteiger partial charge is 0.481 e. The van der Waals surface area contributed by atoms with E-state index in [4.69, 9.17) is 9.52 Å². The summed E-state index contributed by atoms with van der Waals surface area (Å²) in [7, 11) is 0. The van der Waals surface area contributed by atoms with Gasteiger partial charge in [0.2, 0.25) is 5.91 Å². The smallest absolute Gasteiger partial charge is 0.303 e. The van der Waals surface area contributed by atoms with Crippen LogP contribution < -0.4 is 5.32 Å². The zero-order valence-electron chi connectivity index (χ0n) is 11.3. The molecule has 0 atom stereocenters. The molecular formula is C16H15NO4. The molecule has 2 aromatic rings. The Bertz CT molecular complexity index is 644. The molecule has 0 radical (unpaired) electrons. The highest BCUT2D eigenvalue weighted by Crippen LogP contribution is 2.12.